The summed E-state index contributed by atoms with van der Waals surface area (Å²) in [5, 5.41) is 3.65. The molecule has 3 aromatic carbocycles. The van der Waals surface area contributed by atoms with Gasteiger partial charge in [0.1, 0.15) is 24.1 Å². The molecule has 230 valence electrons. The molecular formula is C32H38ClN3O6S. The van der Waals surface area contributed by atoms with Crippen molar-refractivity contribution in [3.05, 3.63) is 83.4 Å². The SMILES string of the molecule is CC[C@H](C(=O)NC1CCCC1)N(Cc1ccc(Cl)cc1)C(=O)CN(c1ccccc1OC)S(=O)(=O)c1ccc(OC)cc1. The van der Waals surface area contributed by atoms with Gasteiger partial charge in [-0.25, -0.2) is 8.42 Å². The van der Waals surface area contributed by atoms with Crippen LogP contribution in [0, 0.1) is 0 Å². The summed E-state index contributed by atoms with van der Waals surface area (Å²) in [6.45, 7) is 1.37. The van der Waals surface area contributed by atoms with Crippen molar-refractivity contribution >= 4 is 39.1 Å². The van der Waals surface area contributed by atoms with E-state index in [0.717, 1.165) is 35.6 Å². The molecule has 9 nitrogen and oxygen atoms in total. The Kier molecular flexibility index (Phi) is 10.9. The zero-order valence-electron chi connectivity index (χ0n) is 24.7. The monoisotopic (exact) mass is 627 g/mol. The quantitative estimate of drug-likeness (QED) is 0.271. The summed E-state index contributed by atoms with van der Waals surface area (Å²) in [5.41, 5.74) is 0.954. The number of sulfonamides is 1. The predicted octanol–water partition coefficient (Wildman–Crippen LogP) is 5.42. The highest BCUT2D eigenvalue weighted by Gasteiger charge is 2.35. The van der Waals surface area contributed by atoms with Crippen LogP contribution in [0.1, 0.15) is 44.6 Å². The van der Waals surface area contributed by atoms with Crippen LogP contribution in [0.2, 0.25) is 5.02 Å². The van der Waals surface area contributed by atoms with E-state index in [0.29, 0.717) is 17.2 Å². The fraction of sp³-hybridized carbons (Fsp3) is 0.375. The summed E-state index contributed by atoms with van der Waals surface area (Å²) < 4.78 is 40.0. The average Bonchev–Trinajstić information content (AvgIpc) is 3.53. The van der Waals surface area contributed by atoms with E-state index in [9.17, 15) is 18.0 Å². The highest BCUT2D eigenvalue weighted by Crippen LogP contribution is 2.33. The van der Waals surface area contributed by atoms with Gasteiger partial charge < -0.3 is 19.7 Å². The minimum atomic E-state index is -4.26. The molecule has 0 radical (unpaired) electrons. The smallest absolute Gasteiger partial charge is 0.264 e. The van der Waals surface area contributed by atoms with Crippen LogP contribution >= 0.6 is 11.6 Å². The minimum Gasteiger partial charge on any atom is -0.497 e. The minimum absolute atomic E-state index is 0.0257. The van der Waals surface area contributed by atoms with Crippen LogP contribution in [0.15, 0.2) is 77.7 Å². The zero-order chi connectivity index (χ0) is 31.0. The molecule has 2 amide bonds. The second-order valence-electron chi connectivity index (χ2n) is 10.4. The molecule has 0 aliphatic heterocycles. The maximum absolute atomic E-state index is 14.3. The van der Waals surface area contributed by atoms with Crippen LogP contribution in [-0.2, 0) is 26.2 Å². The molecule has 0 aromatic heterocycles. The number of carbonyl (C=O) groups excluding carboxylic acids is 2. The van der Waals surface area contributed by atoms with E-state index in [1.807, 2.05) is 6.92 Å². The van der Waals surface area contributed by atoms with Crippen molar-refractivity contribution in [3.63, 3.8) is 0 Å². The van der Waals surface area contributed by atoms with Crippen molar-refractivity contribution in [1.82, 2.24) is 10.2 Å². The lowest BCUT2D eigenvalue weighted by Gasteiger charge is -2.34. The van der Waals surface area contributed by atoms with Crippen LogP contribution in [-0.4, -0.2) is 58.0 Å². The van der Waals surface area contributed by atoms with E-state index >= 15 is 0 Å². The Morgan fingerprint density at radius 2 is 1.60 bits per heavy atom. The van der Waals surface area contributed by atoms with Gasteiger partial charge in [0.15, 0.2) is 0 Å². The number of anilines is 1. The Labute approximate surface area is 258 Å². The third-order valence-corrected chi connectivity index (χ3v) is 9.66. The highest BCUT2D eigenvalue weighted by atomic mass is 35.5. The van der Waals surface area contributed by atoms with Gasteiger partial charge in [0.2, 0.25) is 11.8 Å². The number of ether oxygens (including phenoxy) is 2. The molecule has 11 heteroatoms. The Morgan fingerprint density at radius 3 is 2.21 bits per heavy atom. The third kappa shape index (κ3) is 7.80. The average molecular weight is 628 g/mol. The summed E-state index contributed by atoms with van der Waals surface area (Å²) in [6, 6.07) is 18.8. The molecule has 3 aromatic rings. The first-order chi connectivity index (χ1) is 20.7. The number of amides is 2. The number of para-hydroxylation sites is 2. The number of rotatable bonds is 13. The molecule has 1 N–H and O–H groups in total. The van der Waals surface area contributed by atoms with Crippen molar-refractivity contribution < 1.29 is 27.5 Å². The number of hydrogen-bond donors (Lipinski definition) is 1. The number of benzene rings is 3. The zero-order valence-corrected chi connectivity index (χ0v) is 26.2. The molecule has 0 heterocycles. The van der Waals surface area contributed by atoms with E-state index in [1.165, 1.54) is 31.3 Å². The highest BCUT2D eigenvalue weighted by molar-refractivity contribution is 7.92. The molecule has 43 heavy (non-hydrogen) atoms. The molecule has 0 saturated heterocycles. The van der Waals surface area contributed by atoms with Gasteiger partial charge in [-0.15, -0.1) is 0 Å². The Hall–Kier alpha value is -3.76. The first-order valence-electron chi connectivity index (χ1n) is 14.3. The molecule has 1 saturated carbocycles. The Balaban J connectivity index is 1.74. The van der Waals surface area contributed by atoms with Gasteiger partial charge in [-0.3, -0.25) is 13.9 Å². The van der Waals surface area contributed by atoms with Gasteiger partial charge in [0.25, 0.3) is 10.0 Å². The van der Waals surface area contributed by atoms with Crippen molar-refractivity contribution in [3.8, 4) is 11.5 Å². The van der Waals surface area contributed by atoms with E-state index in [4.69, 9.17) is 21.1 Å². The van der Waals surface area contributed by atoms with Gasteiger partial charge in [0.05, 0.1) is 24.8 Å². The number of methoxy groups -OCH3 is 2. The number of carbonyl (C=O) groups is 2. The summed E-state index contributed by atoms with van der Waals surface area (Å²) in [6.07, 6.45) is 4.24. The topological polar surface area (TPSA) is 105 Å². The summed E-state index contributed by atoms with van der Waals surface area (Å²) >= 11 is 6.10. The van der Waals surface area contributed by atoms with Crippen LogP contribution in [0.5, 0.6) is 11.5 Å². The molecule has 4 rings (SSSR count). The lowest BCUT2D eigenvalue weighted by molar-refractivity contribution is -0.140. The summed E-state index contributed by atoms with van der Waals surface area (Å²) in [7, 11) is -1.33. The normalized spacial score (nSPS) is 14.1. The van der Waals surface area contributed by atoms with Gasteiger partial charge in [-0.05, 0) is 73.4 Å². The van der Waals surface area contributed by atoms with Crippen molar-refractivity contribution in [2.45, 2.75) is 62.6 Å². The summed E-state index contributed by atoms with van der Waals surface area (Å²) in [5.74, 6) is -0.0142. The molecule has 0 bridgehead atoms. The number of hydrogen-bond acceptors (Lipinski definition) is 6. The number of nitrogens with one attached hydrogen (secondary N) is 1. The molecule has 1 aliphatic carbocycles. The molecule has 1 atom stereocenters. The van der Waals surface area contributed by atoms with E-state index in [2.05, 4.69) is 5.32 Å². The van der Waals surface area contributed by atoms with E-state index in [1.54, 1.807) is 60.7 Å². The van der Waals surface area contributed by atoms with Gasteiger partial charge >= 0.3 is 0 Å². The van der Waals surface area contributed by atoms with Crippen LogP contribution < -0.4 is 19.1 Å². The molecular weight excluding hydrogens is 590 g/mol. The third-order valence-electron chi connectivity index (χ3n) is 7.63. The second kappa shape index (κ2) is 14.6. The van der Waals surface area contributed by atoms with Gasteiger partial charge in [-0.1, -0.05) is 55.6 Å². The molecule has 1 fully saturated rings. The van der Waals surface area contributed by atoms with Crippen molar-refractivity contribution in [2.75, 3.05) is 25.1 Å². The van der Waals surface area contributed by atoms with E-state index < -0.39 is 28.5 Å². The van der Waals surface area contributed by atoms with Crippen LogP contribution in [0.25, 0.3) is 0 Å². The molecule has 0 unspecified atom stereocenters. The fourth-order valence-corrected chi connectivity index (χ4v) is 6.85. The van der Waals surface area contributed by atoms with Gasteiger partial charge in [-0.2, -0.15) is 0 Å². The molecule has 0 spiro atoms. The predicted molar refractivity (Wildman–Crippen MR) is 167 cm³/mol. The maximum Gasteiger partial charge on any atom is 0.264 e. The van der Waals surface area contributed by atoms with Crippen molar-refractivity contribution in [1.29, 1.82) is 0 Å². The number of nitrogens with zero attached hydrogens (tertiary/aromatic N) is 2. The van der Waals surface area contributed by atoms with E-state index in [-0.39, 0.29) is 34.8 Å². The fourth-order valence-electron chi connectivity index (χ4n) is 5.30. The van der Waals surface area contributed by atoms with Crippen LogP contribution in [0.3, 0.4) is 0 Å². The number of halogens is 1. The van der Waals surface area contributed by atoms with Crippen LogP contribution in [0.4, 0.5) is 5.69 Å². The lowest BCUT2D eigenvalue weighted by Crippen LogP contribution is -2.53. The summed E-state index contributed by atoms with van der Waals surface area (Å²) in [4.78, 5) is 29.3. The maximum atomic E-state index is 14.3. The van der Waals surface area contributed by atoms with Gasteiger partial charge in [0, 0.05) is 17.6 Å². The Morgan fingerprint density at radius 1 is 0.953 bits per heavy atom. The second-order valence-corrected chi connectivity index (χ2v) is 12.7. The first kappa shape index (κ1) is 32.2. The first-order valence-corrected chi connectivity index (χ1v) is 16.1. The Bertz CT molecular complexity index is 1490. The standard InChI is InChI=1S/C32H38ClN3O6S/c1-4-28(32(38)34-25-9-5-6-10-25)35(21-23-13-15-24(33)16-14-23)31(37)22-36(29-11-7-8-12-30(29)42-3)43(39,40)27-19-17-26(41-2)18-20-27/h7-8,11-20,25,28H,4-6,9-10,21-22H2,1-3H3,(H,34,38)/t28-/m1/s1. The van der Waals surface area contributed by atoms with Crippen molar-refractivity contribution in [2.24, 2.45) is 0 Å². The largest absolute Gasteiger partial charge is 0.497 e. The lowest BCUT2D eigenvalue weighted by atomic mass is 10.1. The molecule has 1 aliphatic rings.